The van der Waals surface area contributed by atoms with Gasteiger partial charge in [0.1, 0.15) is 5.82 Å². The normalized spacial score (nSPS) is 21.0. The zero-order chi connectivity index (χ0) is 19.2. The fourth-order valence-corrected chi connectivity index (χ4v) is 3.62. The van der Waals surface area contributed by atoms with Gasteiger partial charge >= 0.3 is 6.03 Å². The maximum absolute atomic E-state index is 13.0. The molecule has 0 spiro atoms. The molecule has 4 rings (SSSR count). The van der Waals surface area contributed by atoms with Crippen molar-refractivity contribution in [3.05, 3.63) is 53.7 Å². The molecule has 2 N–H and O–H groups in total. The van der Waals surface area contributed by atoms with Crippen LogP contribution in [0.5, 0.6) is 0 Å². The number of anilines is 2. The standard InChI is InChI=1S/C20H22N4O3/c1-20(2,3)14-11-27-18-16-12(17(25)24(14)18)7-6-8-13(16)22-19(26)23-15-9-4-5-10-21-15/h4-10,14,18H,11H2,1-3H3,(H2,21,22,23,26)/t14-,18?/m1/s1. The highest BCUT2D eigenvalue weighted by Crippen LogP contribution is 2.47. The van der Waals surface area contributed by atoms with Crippen LogP contribution in [0.4, 0.5) is 16.3 Å². The first-order chi connectivity index (χ1) is 12.9. The van der Waals surface area contributed by atoms with Crippen molar-refractivity contribution in [2.75, 3.05) is 17.2 Å². The van der Waals surface area contributed by atoms with Gasteiger partial charge in [-0.15, -0.1) is 0 Å². The zero-order valence-electron chi connectivity index (χ0n) is 15.5. The summed E-state index contributed by atoms with van der Waals surface area (Å²) in [4.78, 5) is 31.2. The molecule has 1 fully saturated rings. The maximum Gasteiger partial charge on any atom is 0.324 e. The largest absolute Gasteiger partial charge is 0.352 e. The van der Waals surface area contributed by atoms with Crippen LogP contribution < -0.4 is 10.6 Å². The fraction of sp³-hybridized carbons (Fsp3) is 0.350. The molecule has 7 heteroatoms. The number of fused-ring (bicyclic) bond motifs is 3. The van der Waals surface area contributed by atoms with Gasteiger partial charge in [-0.2, -0.15) is 0 Å². The number of rotatable bonds is 2. The average Bonchev–Trinajstić information content (AvgIpc) is 3.16. The van der Waals surface area contributed by atoms with Gasteiger partial charge in [0.2, 0.25) is 0 Å². The molecule has 2 aliphatic heterocycles. The molecule has 1 aromatic heterocycles. The number of nitrogens with zero attached hydrogens (tertiary/aromatic N) is 2. The molecule has 2 atom stereocenters. The fourth-order valence-electron chi connectivity index (χ4n) is 3.62. The molecule has 1 aromatic carbocycles. The predicted octanol–water partition coefficient (Wildman–Crippen LogP) is 3.62. The first-order valence-corrected chi connectivity index (χ1v) is 8.92. The number of amides is 3. The summed E-state index contributed by atoms with van der Waals surface area (Å²) in [6.45, 7) is 6.77. The van der Waals surface area contributed by atoms with E-state index >= 15 is 0 Å². The molecular weight excluding hydrogens is 344 g/mol. The Morgan fingerprint density at radius 2 is 2.00 bits per heavy atom. The van der Waals surface area contributed by atoms with E-state index in [1.807, 2.05) is 0 Å². The second kappa shape index (κ2) is 6.35. The van der Waals surface area contributed by atoms with Gasteiger partial charge in [0.05, 0.1) is 18.3 Å². The molecule has 1 saturated heterocycles. The van der Waals surface area contributed by atoms with Crippen LogP contribution in [0.25, 0.3) is 0 Å². The van der Waals surface area contributed by atoms with E-state index in [1.165, 1.54) is 0 Å². The Bertz CT molecular complexity index is 892. The summed E-state index contributed by atoms with van der Waals surface area (Å²) in [6.07, 6.45) is 1.13. The third-order valence-corrected chi connectivity index (χ3v) is 4.97. The molecule has 27 heavy (non-hydrogen) atoms. The van der Waals surface area contributed by atoms with Crippen molar-refractivity contribution in [3.8, 4) is 0 Å². The average molecular weight is 366 g/mol. The van der Waals surface area contributed by atoms with Gasteiger partial charge in [0.15, 0.2) is 6.23 Å². The van der Waals surface area contributed by atoms with Crippen molar-refractivity contribution in [2.45, 2.75) is 33.0 Å². The number of benzene rings is 1. The van der Waals surface area contributed by atoms with Gasteiger partial charge in [0.25, 0.3) is 5.91 Å². The summed E-state index contributed by atoms with van der Waals surface area (Å²) < 4.78 is 5.97. The molecule has 0 saturated carbocycles. The molecule has 140 valence electrons. The summed E-state index contributed by atoms with van der Waals surface area (Å²) in [5.41, 5.74) is 1.75. The minimum Gasteiger partial charge on any atom is -0.352 e. The zero-order valence-corrected chi connectivity index (χ0v) is 15.5. The van der Waals surface area contributed by atoms with Crippen LogP contribution in [0.15, 0.2) is 42.6 Å². The quantitative estimate of drug-likeness (QED) is 0.850. The number of nitrogens with one attached hydrogen (secondary N) is 2. The minimum absolute atomic E-state index is 0.0161. The molecule has 0 aliphatic carbocycles. The number of ether oxygens (including phenoxy) is 1. The van der Waals surface area contributed by atoms with Crippen molar-refractivity contribution in [3.63, 3.8) is 0 Å². The van der Waals surface area contributed by atoms with Crippen molar-refractivity contribution in [1.29, 1.82) is 0 Å². The Labute approximate surface area is 157 Å². The van der Waals surface area contributed by atoms with Crippen molar-refractivity contribution >= 4 is 23.4 Å². The van der Waals surface area contributed by atoms with Crippen LogP contribution in [0.2, 0.25) is 0 Å². The van der Waals surface area contributed by atoms with Crippen molar-refractivity contribution in [2.24, 2.45) is 5.41 Å². The van der Waals surface area contributed by atoms with Gasteiger partial charge < -0.3 is 15.0 Å². The van der Waals surface area contributed by atoms with Crippen molar-refractivity contribution in [1.82, 2.24) is 9.88 Å². The topological polar surface area (TPSA) is 83.6 Å². The lowest BCUT2D eigenvalue weighted by Gasteiger charge is -2.32. The molecular formula is C20H22N4O3. The lowest BCUT2D eigenvalue weighted by molar-refractivity contribution is 0.0311. The molecule has 2 aliphatic rings. The lowest BCUT2D eigenvalue weighted by Crippen LogP contribution is -2.42. The van der Waals surface area contributed by atoms with E-state index in [4.69, 9.17) is 4.74 Å². The van der Waals surface area contributed by atoms with E-state index in [-0.39, 0.29) is 17.4 Å². The van der Waals surface area contributed by atoms with E-state index in [2.05, 4.69) is 36.4 Å². The smallest absolute Gasteiger partial charge is 0.324 e. The number of aromatic nitrogens is 1. The van der Waals surface area contributed by atoms with Crippen LogP contribution >= 0.6 is 0 Å². The highest BCUT2D eigenvalue weighted by Gasteiger charge is 2.50. The number of urea groups is 1. The van der Waals surface area contributed by atoms with Crippen LogP contribution in [-0.2, 0) is 4.74 Å². The lowest BCUT2D eigenvalue weighted by atomic mass is 9.86. The Hall–Kier alpha value is -2.93. The molecule has 0 radical (unpaired) electrons. The second-order valence-electron chi connectivity index (χ2n) is 7.84. The Morgan fingerprint density at radius 1 is 1.19 bits per heavy atom. The second-order valence-corrected chi connectivity index (χ2v) is 7.84. The van der Waals surface area contributed by atoms with E-state index in [0.29, 0.717) is 29.2 Å². The predicted molar refractivity (Wildman–Crippen MR) is 101 cm³/mol. The Kier molecular flexibility index (Phi) is 4.11. The molecule has 0 bridgehead atoms. The van der Waals surface area contributed by atoms with Crippen LogP contribution in [0.1, 0.15) is 42.9 Å². The number of carbonyl (C=O) groups is 2. The van der Waals surface area contributed by atoms with Crippen LogP contribution in [0, 0.1) is 5.41 Å². The highest BCUT2D eigenvalue weighted by molar-refractivity contribution is 6.05. The minimum atomic E-state index is -0.469. The van der Waals surface area contributed by atoms with E-state index in [9.17, 15) is 9.59 Å². The summed E-state index contributed by atoms with van der Waals surface area (Å²) in [7, 11) is 0. The number of hydrogen-bond acceptors (Lipinski definition) is 4. The number of pyridine rings is 1. The monoisotopic (exact) mass is 366 g/mol. The van der Waals surface area contributed by atoms with E-state index < -0.39 is 12.3 Å². The summed E-state index contributed by atoms with van der Waals surface area (Å²) in [5.74, 6) is 0.395. The number of carbonyl (C=O) groups excluding carboxylic acids is 2. The van der Waals surface area contributed by atoms with Crippen LogP contribution in [-0.4, -0.2) is 34.5 Å². The van der Waals surface area contributed by atoms with Gasteiger partial charge in [-0.25, -0.2) is 9.78 Å². The van der Waals surface area contributed by atoms with E-state index in [0.717, 1.165) is 0 Å². The van der Waals surface area contributed by atoms with E-state index in [1.54, 1.807) is 47.5 Å². The Balaban J connectivity index is 1.61. The summed E-state index contributed by atoms with van der Waals surface area (Å²) >= 11 is 0. The van der Waals surface area contributed by atoms with Gasteiger partial charge in [-0.1, -0.05) is 32.9 Å². The molecule has 1 unspecified atom stereocenters. The summed E-state index contributed by atoms with van der Waals surface area (Å²) in [6, 6.07) is 10.2. The van der Waals surface area contributed by atoms with Crippen molar-refractivity contribution < 1.29 is 14.3 Å². The third kappa shape index (κ3) is 3.04. The third-order valence-electron chi connectivity index (χ3n) is 4.97. The summed E-state index contributed by atoms with van der Waals surface area (Å²) in [5, 5.41) is 5.51. The first kappa shape index (κ1) is 17.5. The molecule has 7 nitrogen and oxygen atoms in total. The van der Waals surface area contributed by atoms with Gasteiger partial charge in [-0.05, 0) is 29.7 Å². The Morgan fingerprint density at radius 3 is 2.70 bits per heavy atom. The first-order valence-electron chi connectivity index (χ1n) is 8.92. The SMILES string of the molecule is CC(C)(C)[C@H]1COC2c3c(NC(=O)Nc4ccccn4)cccc3C(=O)N21. The van der Waals surface area contributed by atoms with Crippen LogP contribution in [0.3, 0.4) is 0 Å². The van der Waals surface area contributed by atoms with Gasteiger partial charge in [-0.3, -0.25) is 10.1 Å². The molecule has 3 heterocycles. The highest BCUT2D eigenvalue weighted by atomic mass is 16.5. The molecule has 2 aromatic rings. The van der Waals surface area contributed by atoms with Gasteiger partial charge in [0, 0.05) is 17.3 Å². The number of hydrogen-bond donors (Lipinski definition) is 2. The maximum atomic E-state index is 13.0. The molecule has 3 amide bonds.